The lowest BCUT2D eigenvalue weighted by Gasteiger charge is -2.18. The minimum atomic E-state index is -0.292. The van der Waals surface area contributed by atoms with Crippen LogP contribution in [0.25, 0.3) is 0 Å². The van der Waals surface area contributed by atoms with Crippen molar-refractivity contribution in [3.8, 4) is 5.75 Å². The first kappa shape index (κ1) is 18.7. The first-order valence-corrected chi connectivity index (χ1v) is 10.4. The molecule has 0 aliphatic carbocycles. The second-order valence-corrected chi connectivity index (χ2v) is 7.69. The van der Waals surface area contributed by atoms with Gasteiger partial charge in [0, 0.05) is 37.4 Å². The Morgan fingerprint density at radius 2 is 2.04 bits per heavy atom. The lowest BCUT2D eigenvalue weighted by Crippen LogP contribution is -2.28. The largest absolute Gasteiger partial charge is 0.492 e. The zero-order valence-corrected chi connectivity index (χ0v) is 16.4. The van der Waals surface area contributed by atoms with Gasteiger partial charge in [-0.05, 0) is 23.6 Å². The van der Waals surface area contributed by atoms with Crippen molar-refractivity contribution in [1.82, 2.24) is 15.2 Å². The van der Waals surface area contributed by atoms with Crippen LogP contribution in [0.1, 0.15) is 27.0 Å². The van der Waals surface area contributed by atoms with Crippen molar-refractivity contribution in [3.05, 3.63) is 70.1 Å². The van der Waals surface area contributed by atoms with Crippen molar-refractivity contribution in [1.29, 1.82) is 0 Å². The van der Waals surface area contributed by atoms with Crippen molar-refractivity contribution in [3.63, 3.8) is 0 Å². The fourth-order valence-corrected chi connectivity index (χ4v) is 3.96. The smallest absolute Gasteiger partial charge is 0.307 e. The standard InChI is InChI=1S/C21H23N3O3S/c25-20(22-10-13-26-16-5-2-1-3-6-16)21-23-18-8-11-24(12-9-19(18)27-21)15-17-7-4-14-28-17/h1-7,14H,8-13,15H2,(H,22,25). The normalized spacial score (nSPS) is 14.3. The maximum Gasteiger partial charge on any atom is 0.307 e. The SMILES string of the molecule is O=C(NCCOc1ccccc1)c1nc2c(o1)CCN(Cc1cccs1)CC2. The quantitative estimate of drug-likeness (QED) is 0.621. The first-order chi connectivity index (χ1) is 13.8. The van der Waals surface area contributed by atoms with Gasteiger partial charge in [0.2, 0.25) is 0 Å². The number of nitrogens with one attached hydrogen (secondary N) is 1. The minimum absolute atomic E-state index is 0.149. The molecular weight excluding hydrogens is 374 g/mol. The van der Waals surface area contributed by atoms with E-state index < -0.39 is 0 Å². The number of ether oxygens (including phenoxy) is 1. The predicted molar refractivity (Wildman–Crippen MR) is 108 cm³/mol. The van der Waals surface area contributed by atoms with Gasteiger partial charge in [-0.3, -0.25) is 9.69 Å². The Labute approximate surface area is 168 Å². The molecule has 28 heavy (non-hydrogen) atoms. The van der Waals surface area contributed by atoms with Crippen LogP contribution in [-0.2, 0) is 19.4 Å². The van der Waals surface area contributed by atoms with Crippen LogP contribution in [0.3, 0.4) is 0 Å². The molecule has 0 saturated heterocycles. The summed E-state index contributed by atoms with van der Waals surface area (Å²) < 4.78 is 11.3. The van der Waals surface area contributed by atoms with E-state index >= 15 is 0 Å². The van der Waals surface area contributed by atoms with Crippen LogP contribution >= 0.6 is 11.3 Å². The summed E-state index contributed by atoms with van der Waals surface area (Å²) in [7, 11) is 0. The Morgan fingerprint density at radius 1 is 1.18 bits per heavy atom. The Kier molecular flexibility index (Phi) is 6.04. The van der Waals surface area contributed by atoms with Crippen LogP contribution in [0.2, 0.25) is 0 Å². The molecule has 0 atom stereocenters. The molecule has 1 aliphatic rings. The maximum atomic E-state index is 12.3. The Balaban J connectivity index is 1.25. The number of nitrogens with zero attached hydrogens (tertiary/aromatic N) is 2. The monoisotopic (exact) mass is 397 g/mol. The molecule has 0 spiro atoms. The van der Waals surface area contributed by atoms with E-state index in [1.807, 2.05) is 30.3 Å². The summed E-state index contributed by atoms with van der Waals surface area (Å²) in [6, 6.07) is 13.8. The Hall–Kier alpha value is -2.64. The summed E-state index contributed by atoms with van der Waals surface area (Å²) in [6.45, 7) is 3.58. The molecule has 146 valence electrons. The molecule has 7 heteroatoms. The molecule has 1 aliphatic heterocycles. The predicted octanol–water partition coefficient (Wildman–Crippen LogP) is 3.15. The van der Waals surface area contributed by atoms with Crippen molar-refractivity contribution in [2.45, 2.75) is 19.4 Å². The van der Waals surface area contributed by atoms with Crippen LogP contribution < -0.4 is 10.1 Å². The van der Waals surface area contributed by atoms with E-state index in [4.69, 9.17) is 9.15 Å². The third kappa shape index (κ3) is 4.79. The van der Waals surface area contributed by atoms with Gasteiger partial charge in [0.25, 0.3) is 5.89 Å². The third-order valence-electron chi connectivity index (χ3n) is 4.65. The summed E-state index contributed by atoms with van der Waals surface area (Å²) in [5, 5.41) is 4.91. The van der Waals surface area contributed by atoms with Gasteiger partial charge >= 0.3 is 5.91 Å². The Morgan fingerprint density at radius 3 is 2.86 bits per heavy atom. The number of rotatable bonds is 7. The summed E-state index contributed by atoms with van der Waals surface area (Å²) in [5.41, 5.74) is 0.902. The van der Waals surface area contributed by atoms with E-state index in [1.165, 1.54) is 4.88 Å². The highest BCUT2D eigenvalue weighted by Gasteiger charge is 2.22. The highest BCUT2D eigenvalue weighted by molar-refractivity contribution is 7.09. The molecule has 3 aromatic rings. The second kappa shape index (κ2) is 9.03. The lowest BCUT2D eigenvalue weighted by molar-refractivity contribution is 0.0910. The van der Waals surface area contributed by atoms with Gasteiger partial charge in [0.1, 0.15) is 18.1 Å². The number of carbonyl (C=O) groups is 1. The zero-order valence-electron chi connectivity index (χ0n) is 15.6. The molecule has 1 N–H and O–H groups in total. The number of oxazole rings is 1. The van der Waals surface area contributed by atoms with Crippen LogP contribution in [0.5, 0.6) is 5.75 Å². The number of benzene rings is 1. The highest BCUT2D eigenvalue weighted by Crippen LogP contribution is 2.20. The van der Waals surface area contributed by atoms with Crippen LogP contribution in [0.4, 0.5) is 0 Å². The van der Waals surface area contributed by atoms with Crippen molar-refractivity contribution in [2.75, 3.05) is 26.2 Å². The van der Waals surface area contributed by atoms with E-state index in [1.54, 1.807) is 11.3 Å². The van der Waals surface area contributed by atoms with Gasteiger partial charge in [0.15, 0.2) is 0 Å². The molecule has 1 aromatic carbocycles. The summed E-state index contributed by atoms with van der Waals surface area (Å²) in [4.78, 5) is 20.5. The average Bonchev–Trinajstić information content (AvgIpc) is 3.34. The molecule has 1 amide bonds. The lowest BCUT2D eigenvalue weighted by atomic mass is 10.2. The number of hydrogen-bond acceptors (Lipinski definition) is 6. The highest BCUT2D eigenvalue weighted by atomic mass is 32.1. The number of carbonyl (C=O) groups excluding carboxylic acids is 1. The van der Waals surface area contributed by atoms with Gasteiger partial charge in [-0.15, -0.1) is 11.3 Å². The van der Waals surface area contributed by atoms with Gasteiger partial charge in [-0.25, -0.2) is 4.98 Å². The zero-order chi connectivity index (χ0) is 19.2. The van der Waals surface area contributed by atoms with E-state index in [2.05, 4.69) is 32.7 Å². The van der Waals surface area contributed by atoms with Gasteiger partial charge in [0.05, 0.1) is 12.2 Å². The van der Waals surface area contributed by atoms with Crippen molar-refractivity contribution in [2.24, 2.45) is 0 Å². The van der Waals surface area contributed by atoms with E-state index in [0.717, 1.165) is 49.7 Å². The molecule has 0 unspecified atom stereocenters. The number of thiophene rings is 1. The van der Waals surface area contributed by atoms with E-state index in [-0.39, 0.29) is 11.8 Å². The number of hydrogen-bond donors (Lipinski definition) is 1. The molecule has 4 rings (SSSR count). The molecule has 3 heterocycles. The summed E-state index contributed by atoms with van der Waals surface area (Å²) >= 11 is 1.78. The fourth-order valence-electron chi connectivity index (χ4n) is 3.21. The molecular formula is C21H23N3O3S. The first-order valence-electron chi connectivity index (χ1n) is 9.47. The van der Waals surface area contributed by atoms with Crippen molar-refractivity contribution < 1.29 is 13.9 Å². The number of fused-ring (bicyclic) bond motifs is 1. The van der Waals surface area contributed by atoms with Crippen molar-refractivity contribution >= 4 is 17.2 Å². The van der Waals surface area contributed by atoms with E-state index in [0.29, 0.717) is 13.2 Å². The fraction of sp³-hybridized carbons (Fsp3) is 0.333. The molecule has 0 saturated carbocycles. The molecule has 0 bridgehead atoms. The molecule has 0 fully saturated rings. The number of aromatic nitrogens is 1. The van der Waals surface area contributed by atoms with Crippen LogP contribution in [-0.4, -0.2) is 42.0 Å². The molecule has 0 radical (unpaired) electrons. The summed E-state index contributed by atoms with van der Waals surface area (Å²) in [5.74, 6) is 1.47. The Bertz CT molecular complexity index is 868. The third-order valence-corrected chi connectivity index (χ3v) is 5.51. The van der Waals surface area contributed by atoms with E-state index in [9.17, 15) is 4.79 Å². The summed E-state index contributed by atoms with van der Waals surface area (Å²) in [6.07, 6.45) is 1.58. The van der Waals surface area contributed by atoms with Crippen LogP contribution in [0.15, 0.2) is 52.3 Å². The maximum absolute atomic E-state index is 12.3. The number of amides is 1. The average molecular weight is 398 g/mol. The number of para-hydroxylation sites is 1. The topological polar surface area (TPSA) is 67.6 Å². The van der Waals surface area contributed by atoms with Gasteiger partial charge in [-0.2, -0.15) is 0 Å². The molecule has 2 aromatic heterocycles. The van der Waals surface area contributed by atoms with Gasteiger partial charge in [-0.1, -0.05) is 24.3 Å². The minimum Gasteiger partial charge on any atom is -0.492 e. The molecule has 6 nitrogen and oxygen atoms in total. The second-order valence-electron chi connectivity index (χ2n) is 6.66. The van der Waals surface area contributed by atoms with Gasteiger partial charge < -0.3 is 14.5 Å². The van der Waals surface area contributed by atoms with Crippen LogP contribution in [0, 0.1) is 0 Å².